The van der Waals surface area contributed by atoms with E-state index < -0.39 is 31.7 Å². The fourth-order valence-corrected chi connectivity index (χ4v) is 17.0. The summed E-state index contributed by atoms with van der Waals surface area (Å²) in [5, 5.41) is 10.7. The Morgan fingerprint density at radius 2 is 0.286 bits per heavy atom. The summed E-state index contributed by atoms with van der Waals surface area (Å²) in [6.07, 6.45) is 7.49. The number of pyridine rings is 4. The topological polar surface area (TPSA) is 51.6 Å². The predicted molar refractivity (Wildman–Crippen MR) is 332 cm³/mol. The number of benzene rings is 8. The van der Waals surface area contributed by atoms with Crippen molar-refractivity contribution < 1.29 is 21.1 Å². The van der Waals surface area contributed by atoms with Gasteiger partial charge < -0.3 is 0 Å². The van der Waals surface area contributed by atoms with E-state index in [1.165, 1.54) is 42.4 Å². The molecule has 77 heavy (non-hydrogen) atoms. The van der Waals surface area contributed by atoms with E-state index in [4.69, 9.17) is 0 Å². The number of hydrogen-bond donors (Lipinski definition) is 0. The largest absolute Gasteiger partial charge is 0.256 e. The summed E-state index contributed by atoms with van der Waals surface area (Å²) in [5.41, 5.74) is 4.59. The molecule has 0 aliphatic rings. The third-order valence-electron chi connectivity index (χ3n) is 11.6. The Labute approximate surface area is 473 Å². The van der Waals surface area contributed by atoms with Gasteiger partial charge in [0.05, 0.1) is 21.7 Å². The molecule has 0 spiro atoms. The van der Waals surface area contributed by atoms with Crippen LogP contribution in [-0.2, 0) is 21.1 Å². The van der Waals surface area contributed by atoms with Crippen molar-refractivity contribution in [1.82, 2.24) is 19.9 Å². The Balaban J connectivity index is 0.000000135. The van der Waals surface area contributed by atoms with E-state index >= 15 is 0 Å². The average Bonchev–Trinajstić information content (AvgIpc) is 3.51. The van der Waals surface area contributed by atoms with Crippen LogP contribution in [-0.4, -0.2) is 19.9 Å². The Hall–Kier alpha value is -7.23. The van der Waals surface area contributed by atoms with Crippen LogP contribution in [0.2, 0.25) is 0 Å². The van der Waals surface area contributed by atoms with E-state index in [1.807, 2.05) is 49.1 Å². The molecule has 378 valence electrons. The first-order valence-corrected chi connectivity index (χ1v) is 30.4. The summed E-state index contributed by atoms with van der Waals surface area (Å²) in [4.78, 5) is 18.2. The van der Waals surface area contributed by atoms with Crippen LogP contribution in [0.3, 0.4) is 0 Å². The van der Waals surface area contributed by atoms with Crippen molar-refractivity contribution >= 4 is 95.9 Å². The minimum absolute atomic E-state index is 0. The molecule has 8 aromatic carbocycles. The number of rotatable bonds is 12. The van der Waals surface area contributed by atoms with Crippen LogP contribution in [0.15, 0.2) is 340 Å². The second kappa shape index (κ2) is 31.1. The van der Waals surface area contributed by atoms with Crippen molar-refractivity contribution in [2.45, 2.75) is 0 Å². The van der Waals surface area contributed by atoms with Gasteiger partial charge in [-0.05, 0) is 91.0 Å². The first kappa shape index (κ1) is 56.0. The summed E-state index contributed by atoms with van der Waals surface area (Å²) in [6.45, 7) is 0. The van der Waals surface area contributed by atoms with Crippen LogP contribution in [0.5, 0.6) is 0 Å². The molecule has 0 radical (unpaired) electrons. The molecular formula is C68H56N4P4Pt. The van der Waals surface area contributed by atoms with Crippen LogP contribution in [0.25, 0.3) is 0 Å². The molecule has 0 N–H and O–H groups in total. The maximum atomic E-state index is 4.56. The van der Waals surface area contributed by atoms with Gasteiger partial charge in [-0.15, -0.1) is 0 Å². The van der Waals surface area contributed by atoms with Crippen LogP contribution in [0.1, 0.15) is 0 Å². The molecule has 4 heterocycles. The van der Waals surface area contributed by atoms with Crippen molar-refractivity contribution in [3.8, 4) is 0 Å². The maximum absolute atomic E-state index is 4.56. The molecule has 4 aromatic heterocycles. The quantitative estimate of drug-likeness (QED) is 0.114. The Bertz CT molecular complexity index is 2600. The molecule has 0 unspecified atom stereocenters. The molecular weight excluding hydrogens is 1190 g/mol. The molecule has 0 amide bonds. The van der Waals surface area contributed by atoms with E-state index in [9.17, 15) is 0 Å². The molecule has 0 aliphatic carbocycles. The Kier molecular flexibility index (Phi) is 22.6. The van der Waals surface area contributed by atoms with Gasteiger partial charge in [-0.3, -0.25) is 19.9 Å². The Morgan fingerprint density at radius 1 is 0.156 bits per heavy atom. The first-order valence-electron chi connectivity index (χ1n) is 25.1. The molecule has 0 fully saturated rings. The van der Waals surface area contributed by atoms with Crippen molar-refractivity contribution in [3.63, 3.8) is 0 Å². The van der Waals surface area contributed by atoms with Gasteiger partial charge in [0.25, 0.3) is 0 Å². The zero-order valence-corrected chi connectivity index (χ0v) is 48.1. The van der Waals surface area contributed by atoms with Gasteiger partial charge in [0, 0.05) is 77.5 Å². The minimum atomic E-state index is -0.557. The van der Waals surface area contributed by atoms with Crippen molar-refractivity contribution in [2.75, 3.05) is 0 Å². The molecule has 0 atom stereocenters. The van der Waals surface area contributed by atoms with Gasteiger partial charge in [-0.2, -0.15) is 0 Å². The molecule has 0 saturated heterocycles. The van der Waals surface area contributed by atoms with E-state index in [-0.39, 0.29) is 21.1 Å². The van der Waals surface area contributed by atoms with E-state index in [0.717, 1.165) is 21.7 Å². The zero-order chi connectivity index (χ0) is 51.7. The summed E-state index contributed by atoms with van der Waals surface area (Å²) >= 11 is 0. The maximum Gasteiger partial charge on any atom is 0.0720 e. The number of aromatic nitrogens is 4. The molecule has 12 rings (SSSR count). The minimum Gasteiger partial charge on any atom is -0.256 e. The third-order valence-corrected chi connectivity index (χ3v) is 21.0. The molecule has 12 aromatic rings. The van der Waals surface area contributed by atoms with Crippen molar-refractivity contribution in [2.24, 2.45) is 0 Å². The van der Waals surface area contributed by atoms with Crippen LogP contribution >= 0.6 is 31.7 Å². The van der Waals surface area contributed by atoms with Gasteiger partial charge in [0.1, 0.15) is 0 Å². The van der Waals surface area contributed by atoms with Gasteiger partial charge in [-0.25, -0.2) is 0 Å². The number of hydrogen-bond acceptors (Lipinski definition) is 4. The summed E-state index contributed by atoms with van der Waals surface area (Å²) in [6, 6.07) is 110. The van der Waals surface area contributed by atoms with Gasteiger partial charge in [0.15, 0.2) is 0 Å². The van der Waals surface area contributed by atoms with Gasteiger partial charge in [-0.1, -0.05) is 267 Å². The fraction of sp³-hybridized carbons (Fsp3) is 0. The molecule has 4 nitrogen and oxygen atoms in total. The summed E-state index contributed by atoms with van der Waals surface area (Å²) in [5.74, 6) is 0. The second-order valence-corrected chi connectivity index (χ2v) is 25.4. The SMILES string of the molecule is [Pt].c1ccc(P(c2ccccc2)c2ccccn2)cc1.c1ccc(P(c2ccccc2)c2ccccn2)cc1.c1ccc(P(c2ccccc2)c2ccccn2)cc1.c1ccc(P(c2ccccc2)c2ccccn2)cc1. The Morgan fingerprint density at radius 3 is 0.403 bits per heavy atom. The van der Waals surface area contributed by atoms with Gasteiger partial charge >= 0.3 is 0 Å². The summed E-state index contributed by atoms with van der Waals surface area (Å²) < 4.78 is 0. The molecule has 9 heteroatoms. The van der Waals surface area contributed by atoms with E-state index in [1.54, 1.807) is 0 Å². The standard InChI is InChI=1S/4C17H14NP.Pt/c4*1-3-9-15(10-4-1)19(16-11-5-2-6-12-16)17-13-7-8-14-18-17;/h4*1-14H;. The third kappa shape index (κ3) is 16.4. The summed E-state index contributed by atoms with van der Waals surface area (Å²) in [7, 11) is -2.23. The smallest absolute Gasteiger partial charge is 0.0720 e. The molecule has 0 saturated carbocycles. The first-order chi connectivity index (χ1) is 37.8. The van der Waals surface area contributed by atoms with Crippen molar-refractivity contribution in [1.29, 1.82) is 0 Å². The predicted octanol–water partition coefficient (Wildman–Crippen LogP) is 11.4. The van der Waals surface area contributed by atoms with Crippen LogP contribution < -0.4 is 64.2 Å². The van der Waals surface area contributed by atoms with Crippen molar-refractivity contribution in [3.05, 3.63) is 340 Å². The number of nitrogens with zero attached hydrogens (tertiary/aromatic N) is 4. The van der Waals surface area contributed by atoms with Crippen LogP contribution in [0.4, 0.5) is 0 Å². The fourth-order valence-electron chi connectivity index (χ4n) is 8.22. The van der Waals surface area contributed by atoms with Crippen LogP contribution in [0, 0.1) is 0 Å². The molecule has 0 bridgehead atoms. The second-order valence-electron chi connectivity index (χ2n) is 16.8. The van der Waals surface area contributed by atoms with Gasteiger partial charge in [0.2, 0.25) is 0 Å². The monoisotopic (exact) mass is 1250 g/mol. The zero-order valence-electron chi connectivity index (χ0n) is 42.2. The average molecular weight is 1250 g/mol. The van der Waals surface area contributed by atoms with E-state index in [2.05, 4.69) is 311 Å². The molecule has 0 aliphatic heterocycles. The normalized spacial score (nSPS) is 10.4. The van der Waals surface area contributed by atoms with E-state index in [0.29, 0.717) is 0 Å².